The Bertz CT molecular complexity index is 766. The average Bonchev–Trinajstić information content (AvgIpc) is 3.11. The summed E-state index contributed by atoms with van der Waals surface area (Å²) in [6, 6.07) is 8.04. The van der Waals surface area contributed by atoms with Gasteiger partial charge in [-0.15, -0.1) is 11.3 Å². The molecule has 1 aliphatic rings. The number of aryl methyl sites for hydroxylation is 1. The van der Waals surface area contributed by atoms with E-state index in [1.54, 1.807) is 0 Å². The van der Waals surface area contributed by atoms with Gasteiger partial charge in [0.15, 0.2) is 5.13 Å². The number of nitrogens with zero attached hydrogens (tertiary/aromatic N) is 1. The zero-order chi connectivity index (χ0) is 18.4. The molecule has 5 nitrogen and oxygen atoms in total. The first-order valence-corrected chi connectivity index (χ1v) is 10.1. The highest BCUT2D eigenvalue weighted by Crippen LogP contribution is 2.27. The Labute approximate surface area is 158 Å². The largest absolute Gasteiger partial charge is 0.355 e. The van der Waals surface area contributed by atoms with Crippen molar-refractivity contribution in [1.82, 2.24) is 10.3 Å². The topological polar surface area (TPSA) is 71.1 Å². The highest BCUT2D eigenvalue weighted by molar-refractivity contribution is 7.14. The summed E-state index contributed by atoms with van der Waals surface area (Å²) in [5.41, 5.74) is 3.10. The van der Waals surface area contributed by atoms with Gasteiger partial charge in [0.2, 0.25) is 11.8 Å². The molecule has 0 atom stereocenters. The predicted octanol–water partition coefficient (Wildman–Crippen LogP) is 4.14. The summed E-state index contributed by atoms with van der Waals surface area (Å²) >= 11 is 1.41. The van der Waals surface area contributed by atoms with Crippen LogP contribution in [0.5, 0.6) is 0 Å². The van der Waals surface area contributed by atoms with Gasteiger partial charge in [-0.05, 0) is 25.3 Å². The molecule has 1 fully saturated rings. The fourth-order valence-corrected chi connectivity index (χ4v) is 4.03. The van der Waals surface area contributed by atoms with Crippen molar-refractivity contribution in [2.75, 3.05) is 11.9 Å². The van der Waals surface area contributed by atoms with E-state index in [0.717, 1.165) is 42.5 Å². The molecule has 0 bridgehead atoms. The molecule has 0 saturated heterocycles. The van der Waals surface area contributed by atoms with Crippen LogP contribution in [0.3, 0.4) is 0 Å². The van der Waals surface area contributed by atoms with E-state index in [9.17, 15) is 9.59 Å². The summed E-state index contributed by atoms with van der Waals surface area (Å²) in [4.78, 5) is 28.7. The predicted molar refractivity (Wildman–Crippen MR) is 105 cm³/mol. The normalized spacial score (nSPS) is 14.8. The van der Waals surface area contributed by atoms with Gasteiger partial charge in [0.25, 0.3) is 0 Å². The van der Waals surface area contributed by atoms with Crippen LogP contribution in [0.2, 0.25) is 0 Å². The molecule has 2 N–H and O–H groups in total. The molecule has 6 heteroatoms. The summed E-state index contributed by atoms with van der Waals surface area (Å²) in [5.74, 6) is 0.0932. The summed E-state index contributed by atoms with van der Waals surface area (Å²) in [7, 11) is 0. The van der Waals surface area contributed by atoms with Gasteiger partial charge in [-0.3, -0.25) is 9.59 Å². The Balaban J connectivity index is 1.45. The molecule has 1 saturated carbocycles. The Morgan fingerprint density at radius 1 is 1.19 bits per heavy atom. The minimum Gasteiger partial charge on any atom is -0.355 e. The van der Waals surface area contributed by atoms with E-state index in [0.29, 0.717) is 11.7 Å². The van der Waals surface area contributed by atoms with E-state index in [4.69, 9.17) is 0 Å². The van der Waals surface area contributed by atoms with Crippen molar-refractivity contribution < 1.29 is 9.59 Å². The minimum absolute atomic E-state index is 0.0913. The number of hydrogen-bond acceptors (Lipinski definition) is 4. The lowest BCUT2D eigenvalue weighted by molar-refractivity contribution is -0.126. The number of anilines is 1. The molecular formula is C20H25N3O2S. The van der Waals surface area contributed by atoms with Gasteiger partial charge in [0.05, 0.1) is 5.69 Å². The number of thiazole rings is 1. The van der Waals surface area contributed by atoms with Crippen LogP contribution < -0.4 is 10.6 Å². The van der Waals surface area contributed by atoms with Crippen molar-refractivity contribution in [3.05, 3.63) is 35.2 Å². The van der Waals surface area contributed by atoms with E-state index in [1.165, 1.54) is 17.8 Å². The van der Waals surface area contributed by atoms with Gasteiger partial charge in [-0.1, -0.05) is 43.5 Å². The maximum absolute atomic E-state index is 12.1. The van der Waals surface area contributed by atoms with E-state index in [1.807, 2.05) is 36.6 Å². The molecule has 0 spiro atoms. The van der Waals surface area contributed by atoms with Crippen molar-refractivity contribution in [3.63, 3.8) is 0 Å². The molecular weight excluding hydrogens is 346 g/mol. The van der Waals surface area contributed by atoms with Crippen LogP contribution in [-0.4, -0.2) is 23.3 Å². The zero-order valence-electron chi connectivity index (χ0n) is 15.1. The number of nitrogens with one attached hydrogen (secondary N) is 2. The first kappa shape index (κ1) is 18.6. The third kappa shape index (κ3) is 4.91. The summed E-state index contributed by atoms with van der Waals surface area (Å²) in [6.07, 6.45) is 5.69. The maximum atomic E-state index is 12.1. The lowest BCUT2D eigenvalue weighted by Crippen LogP contribution is -2.34. The van der Waals surface area contributed by atoms with Crippen molar-refractivity contribution in [3.8, 4) is 11.3 Å². The Morgan fingerprint density at radius 2 is 1.96 bits per heavy atom. The number of rotatable bonds is 6. The molecule has 1 heterocycles. The first-order chi connectivity index (χ1) is 12.6. The number of carbonyl (C=O) groups is 2. The second-order valence-corrected chi connectivity index (χ2v) is 7.64. The van der Waals surface area contributed by atoms with Crippen LogP contribution in [0, 0.1) is 12.8 Å². The Kier molecular flexibility index (Phi) is 6.39. The molecule has 0 radical (unpaired) electrons. The smallest absolute Gasteiger partial charge is 0.227 e. The monoisotopic (exact) mass is 371 g/mol. The standard InChI is InChI=1S/C20H25N3O2S/c1-14-7-5-6-10-16(14)17-13-26-20(22-17)23-18(24)11-12-21-19(25)15-8-3-2-4-9-15/h5-7,10,13,15H,2-4,8-9,11-12H2,1H3,(H,21,25)(H,22,23,24). The van der Waals surface area contributed by atoms with Gasteiger partial charge in [-0.25, -0.2) is 4.98 Å². The van der Waals surface area contributed by atoms with Gasteiger partial charge in [0.1, 0.15) is 0 Å². The quantitative estimate of drug-likeness (QED) is 0.801. The van der Waals surface area contributed by atoms with Crippen LogP contribution in [-0.2, 0) is 9.59 Å². The van der Waals surface area contributed by atoms with Crippen LogP contribution >= 0.6 is 11.3 Å². The van der Waals surface area contributed by atoms with Gasteiger partial charge >= 0.3 is 0 Å². The zero-order valence-corrected chi connectivity index (χ0v) is 15.9. The molecule has 138 valence electrons. The average molecular weight is 372 g/mol. The Hall–Kier alpha value is -2.21. The molecule has 0 aliphatic heterocycles. The summed E-state index contributed by atoms with van der Waals surface area (Å²) in [6.45, 7) is 2.42. The third-order valence-electron chi connectivity index (χ3n) is 4.80. The van der Waals surface area contributed by atoms with Crippen LogP contribution in [0.1, 0.15) is 44.1 Å². The van der Waals surface area contributed by atoms with E-state index >= 15 is 0 Å². The fourth-order valence-electron chi connectivity index (χ4n) is 3.31. The first-order valence-electron chi connectivity index (χ1n) is 9.22. The van der Waals surface area contributed by atoms with Crippen molar-refractivity contribution in [1.29, 1.82) is 0 Å². The second kappa shape index (κ2) is 8.94. The number of carbonyl (C=O) groups excluding carboxylic acids is 2. The van der Waals surface area contributed by atoms with Crippen molar-refractivity contribution in [2.45, 2.75) is 45.4 Å². The van der Waals surface area contributed by atoms with Gasteiger partial charge < -0.3 is 10.6 Å². The van der Waals surface area contributed by atoms with Gasteiger partial charge in [0, 0.05) is 29.8 Å². The van der Waals surface area contributed by atoms with E-state index < -0.39 is 0 Å². The SMILES string of the molecule is Cc1ccccc1-c1csc(NC(=O)CCNC(=O)C2CCCCC2)n1. The summed E-state index contributed by atoms with van der Waals surface area (Å²) < 4.78 is 0. The highest BCUT2D eigenvalue weighted by Gasteiger charge is 2.20. The Morgan fingerprint density at radius 3 is 2.73 bits per heavy atom. The second-order valence-electron chi connectivity index (χ2n) is 6.78. The molecule has 1 aromatic heterocycles. The fraction of sp³-hybridized carbons (Fsp3) is 0.450. The van der Waals surface area contributed by atoms with Crippen LogP contribution in [0.4, 0.5) is 5.13 Å². The van der Waals surface area contributed by atoms with Gasteiger partial charge in [-0.2, -0.15) is 0 Å². The minimum atomic E-state index is -0.125. The molecule has 26 heavy (non-hydrogen) atoms. The van der Waals surface area contributed by atoms with Crippen molar-refractivity contribution >= 4 is 28.3 Å². The van der Waals surface area contributed by atoms with E-state index in [2.05, 4.69) is 15.6 Å². The third-order valence-corrected chi connectivity index (χ3v) is 5.56. The van der Waals surface area contributed by atoms with Crippen molar-refractivity contribution in [2.24, 2.45) is 5.92 Å². The lowest BCUT2D eigenvalue weighted by atomic mass is 9.89. The highest BCUT2D eigenvalue weighted by atomic mass is 32.1. The van der Waals surface area contributed by atoms with Crippen LogP contribution in [0.25, 0.3) is 11.3 Å². The molecule has 1 aromatic carbocycles. The molecule has 2 amide bonds. The maximum Gasteiger partial charge on any atom is 0.227 e. The summed E-state index contributed by atoms with van der Waals surface area (Å²) in [5, 5.41) is 8.25. The molecule has 3 rings (SSSR count). The van der Waals surface area contributed by atoms with Crippen LogP contribution in [0.15, 0.2) is 29.6 Å². The molecule has 1 aliphatic carbocycles. The van der Waals surface area contributed by atoms with E-state index in [-0.39, 0.29) is 24.2 Å². The molecule has 0 unspecified atom stereocenters. The molecule has 2 aromatic rings. The number of hydrogen-bond donors (Lipinski definition) is 2. The number of amides is 2. The number of aromatic nitrogens is 1. The lowest BCUT2D eigenvalue weighted by Gasteiger charge is -2.20. The number of benzene rings is 1.